The van der Waals surface area contributed by atoms with Crippen LogP contribution in [0, 0.1) is 0 Å². The number of hydrogen-bond acceptors (Lipinski definition) is 5. The second-order valence-electron chi connectivity index (χ2n) is 6.66. The smallest absolute Gasteiger partial charge is 0.258 e. The Kier molecular flexibility index (Phi) is 5.52. The largest absolute Gasteiger partial charge is 0.497 e. The van der Waals surface area contributed by atoms with E-state index in [0.717, 1.165) is 23.7 Å². The highest BCUT2D eigenvalue weighted by molar-refractivity contribution is 7.82. The normalized spacial score (nSPS) is 16.9. The van der Waals surface area contributed by atoms with Crippen molar-refractivity contribution in [3.8, 4) is 5.75 Å². The van der Waals surface area contributed by atoms with Crippen LogP contribution in [0.15, 0.2) is 58.2 Å². The minimum absolute atomic E-state index is 0.111. The summed E-state index contributed by atoms with van der Waals surface area (Å²) in [7, 11) is 0.428. The Hall–Kier alpha value is -2.55. The summed E-state index contributed by atoms with van der Waals surface area (Å²) in [5, 5.41) is 0.603. The minimum Gasteiger partial charge on any atom is -0.497 e. The molecule has 1 aromatic heterocycles. The summed E-state index contributed by atoms with van der Waals surface area (Å²) in [6.45, 7) is 3.48. The first-order valence-corrected chi connectivity index (χ1v) is 10.3. The predicted octanol–water partition coefficient (Wildman–Crippen LogP) is 1.77. The molecule has 0 spiro atoms. The fourth-order valence-electron chi connectivity index (χ4n) is 3.32. The molecule has 0 amide bonds. The topological polar surface area (TPSA) is 78.5 Å². The maximum absolute atomic E-state index is 12.8. The van der Waals surface area contributed by atoms with Crippen LogP contribution in [0.2, 0.25) is 0 Å². The second kappa shape index (κ2) is 8.22. The molecule has 2 aromatic carbocycles. The molecule has 1 unspecified atom stereocenters. The third kappa shape index (κ3) is 3.99. The molecule has 2 heterocycles. The van der Waals surface area contributed by atoms with E-state index in [9.17, 15) is 9.00 Å². The average molecular weight is 398 g/mol. The lowest BCUT2D eigenvalue weighted by Crippen LogP contribution is -2.46. The van der Waals surface area contributed by atoms with Crippen LogP contribution < -0.4 is 10.3 Å². The molecular weight excluding hydrogens is 376 g/mol. The summed E-state index contributed by atoms with van der Waals surface area (Å²) in [5.74, 6) is 1.41. The van der Waals surface area contributed by atoms with Gasteiger partial charge in [0.15, 0.2) is 0 Å². The molecule has 1 atom stereocenters. The number of aromatic amines is 1. The number of benzene rings is 2. The first-order chi connectivity index (χ1) is 13.6. The number of aromatic nitrogens is 2. The van der Waals surface area contributed by atoms with Gasteiger partial charge in [0.1, 0.15) is 22.6 Å². The summed E-state index contributed by atoms with van der Waals surface area (Å²) in [4.78, 5) is 22.6. The van der Waals surface area contributed by atoms with Crippen LogP contribution in [0.4, 0.5) is 0 Å². The third-order valence-electron chi connectivity index (χ3n) is 4.86. The fraction of sp³-hybridized carbons (Fsp3) is 0.300. The zero-order chi connectivity index (χ0) is 19.5. The zero-order valence-corrected chi connectivity index (χ0v) is 16.4. The molecule has 1 saturated heterocycles. The van der Waals surface area contributed by atoms with Crippen molar-refractivity contribution in [1.82, 2.24) is 19.2 Å². The summed E-state index contributed by atoms with van der Waals surface area (Å²) < 4.78 is 19.9. The number of hydrogen-bond donors (Lipinski definition) is 1. The van der Waals surface area contributed by atoms with E-state index >= 15 is 0 Å². The molecule has 28 heavy (non-hydrogen) atoms. The van der Waals surface area contributed by atoms with Gasteiger partial charge in [-0.2, -0.15) is 0 Å². The van der Waals surface area contributed by atoms with Gasteiger partial charge in [0, 0.05) is 26.2 Å². The number of methoxy groups -OCH3 is 1. The molecule has 1 N–H and O–H groups in total. The highest BCUT2D eigenvalue weighted by atomic mass is 32.2. The Bertz CT molecular complexity index is 1040. The van der Waals surface area contributed by atoms with Crippen LogP contribution in [0.5, 0.6) is 5.75 Å². The Labute approximate surface area is 165 Å². The highest BCUT2D eigenvalue weighted by Gasteiger charge is 2.22. The van der Waals surface area contributed by atoms with E-state index in [4.69, 9.17) is 4.74 Å². The molecule has 8 heteroatoms. The van der Waals surface area contributed by atoms with E-state index in [1.54, 1.807) is 13.2 Å². The van der Waals surface area contributed by atoms with Gasteiger partial charge in [-0.3, -0.25) is 9.69 Å². The van der Waals surface area contributed by atoms with Gasteiger partial charge in [-0.15, -0.1) is 0 Å². The van der Waals surface area contributed by atoms with Crippen LogP contribution in [0.1, 0.15) is 5.82 Å². The SMILES string of the molecule is COc1ccc(S(=O)N2CCN(Cc3nc4ccccc4c(=O)[nH]3)CC2)cc1. The second-order valence-corrected chi connectivity index (χ2v) is 8.15. The minimum atomic E-state index is -1.19. The van der Waals surface area contributed by atoms with Crippen molar-refractivity contribution in [1.29, 1.82) is 0 Å². The van der Waals surface area contributed by atoms with E-state index in [2.05, 4.69) is 14.9 Å². The van der Waals surface area contributed by atoms with Crippen molar-refractivity contribution in [2.24, 2.45) is 0 Å². The monoisotopic (exact) mass is 398 g/mol. The van der Waals surface area contributed by atoms with Crippen molar-refractivity contribution < 1.29 is 8.95 Å². The van der Waals surface area contributed by atoms with Gasteiger partial charge >= 0.3 is 0 Å². The van der Waals surface area contributed by atoms with Gasteiger partial charge < -0.3 is 9.72 Å². The molecule has 0 aliphatic carbocycles. The number of ether oxygens (including phenoxy) is 1. The molecule has 3 aromatic rings. The van der Waals surface area contributed by atoms with Crippen molar-refractivity contribution in [3.63, 3.8) is 0 Å². The number of nitrogens with one attached hydrogen (secondary N) is 1. The molecule has 146 valence electrons. The van der Waals surface area contributed by atoms with E-state index < -0.39 is 11.0 Å². The van der Waals surface area contributed by atoms with Crippen molar-refractivity contribution >= 4 is 21.9 Å². The molecule has 4 rings (SSSR count). The number of fused-ring (bicyclic) bond motifs is 1. The van der Waals surface area contributed by atoms with Crippen molar-refractivity contribution in [3.05, 3.63) is 64.7 Å². The van der Waals surface area contributed by atoms with Crippen LogP contribution >= 0.6 is 0 Å². The third-order valence-corrected chi connectivity index (χ3v) is 6.37. The van der Waals surface area contributed by atoms with Gasteiger partial charge in [-0.1, -0.05) is 12.1 Å². The fourth-order valence-corrected chi connectivity index (χ4v) is 4.48. The van der Waals surface area contributed by atoms with Crippen LogP contribution in [0.3, 0.4) is 0 Å². The average Bonchev–Trinajstić information content (AvgIpc) is 2.74. The number of para-hydroxylation sites is 1. The number of piperazine rings is 1. The zero-order valence-electron chi connectivity index (χ0n) is 15.6. The first kappa shape index (κ1) is 18.8. The maximum Gasteiger partial charge on any atom is 0.258 e. The number of rotatable bonds is 5. The van der Waals surface area contributed by atoms with E-state index in [1.165, 1.54) is 0 Å². The molecular formula is C20H22N4O3S. The van der Waals surface area contributed by atoms with E-state index in [0.29, 0.717) is 36.4 Å². The molecule has 1 aliphatic rings. The van der Waals surface area contributed by atoms with Gasteiger partial charge in [-0.25, -0.2) is 13.5 Å². The molecule has 1 aliphatic heterocycles. The van der Waals surface area contributed by atoms with Crippen LogP contribution in [-0.4, -0.2) is 56.7 Å². The van der Waals surface area contributed by atoms with Crippen molar-refractivity contribution in [2.75, 3.05) is 33.3 Å². The first-order valence-electron chi connectivity index (χ1n) is 9.15. The molecule has 1 fully saturated rings. The molecule has 0 saturated carbocycles. The van der Waals surface area contributed by atoms with Crippen LogP contribution in [-0.2, 0) is 17.5 Å². The van der Waals surface area contributed by atoms with Gasteiger partial charge in [0.2, 0.25) is 0 Å². The van der Waals surface area contributed by atoms with Gasteiger partial charge in [-0.05, 0) is 36.4 Å². The summed E-state index contributed by atoms with van der Waals surface area (Å²) in [6, 6.07) is 14.7. The van der Waals surface area contributed by atoms with Gasteiger partial charge in [0.05, 0.1) is 29.5 Å². The Balaban J connectivity index is 1.39. The Morgan fingerprint density at radius 3 is 2.50 bits per heavy atom. The summed E-state index contributed by atoms with van der Waals surface area (Å²) in [6.07, 6.45) is 0. The lowest BCUT2D eigenvalue weighted by atomic mass is 10.2. The Morgan fingerprint density at radius 2 is 1.79 bits per heavy atom. The Morgan fingerprint density at radius 1 is 1.07 bits per heavy atom. The molecule has 0 bridgehead atoms. The van der Waals surface area contributed by atoms with E-state index in [1.807, 2.05) is 46.8 Å². The van der Waals surface area contributed by atoms with E-state index in [-0.39, 0.29) is 5.56 Å². The molecule has 0 radical (unpaired) electrons. The molecule has 7 nitrogen and oxygen atoms in total. The number of H-pyrrole nitrogens is 1. The lowest BCUT2D eigenvalue weighted by molar-refractivity contribution is 0.182. The summed E-state index contributed by atoms with van der Waals surface area (Å²) in [5.41, 5.74) is 0.598. The number of nitrogens with zero attached hydrogens (tertiary/aromatic N) is 3. The lowest BCUT2D eigenvalue weighted by Gasteiger charge is -2.33. The van der Waals surface area contributed by atoms with Crippen molar-refractivity contribution in [2.45, 2.75) is 11.4 Å². The standard InChI is InChI=1S/C20H22N4O3S/c1-27-15-6-8-16(9-7-15)28(26)24-12-10-23(11-13-24)14-19-21-18-5-3-2-4-17(18)20(25)22-19/h2-9H,10-14H2,1H3,(H,21,22,25). The highest BCUT2D eigenvalue weighted by Crippen LogP contribution is 2.18. The summed E-state index contributed by atoms with van der Waals surface area (Å²) >= 11 is 0. The predicted molar refractivity (Wildman–Crippen MR) is 109 cm³/mol. The maximum atomic E-state index is 12.8. The van der Waals surface area contributed by atoms with Gasteiger partial charge in [0.25, 0.3) is 5.56 Å². The quantitative estimate of drug-likeness (QED) is 0.709. The van der Waals surface area contributed by atoms with Crippen LogP contribution in [0.25, 0.3) is 10.9 Å².